The minimum atomic E-state index is -4.03. The second-order valence-electron chi connectivity index (χ2n) is 10.7. The van der Waals surface area contributed by atoms with Crippen molar-refractivity contribution in [3.63, 3.8) is 0 Å². The first-order chi connectivity index (χ1) is 16.3. The van der Waals surface area contributed by atoms with E-state index in [1.54, 1.807) is 45.9 Å². The van der Waals surface area contributed by atoms with Crippen molar-refractivity contribution < 1.29 is 37.0 Å². The van der Waals surface area contributed by atoms with Gasteiger partial charge in [-0.25, -0.2) is 8.42 Å². The molecule has 6 atom stereocenters. The van der Waals surface area contributed by atoms with Crippen LogP contribution < -0.4 is 0 Å². The molecule has 1 aliphatic carbocycles. The van der Waals surface area contributed by atoms with Gasteiger partial charge in [-0.05, 0) is 39.3 Å². The number of ketones is 1. The molecule has 3 aliphatic rings. The monoisotopic (exact) mass is 504 g/mol. The maximum Gasteiger partial charge on any atom is 0.316 e. The summed E-state index contributed by atoms with van der Waals surface area (Å²) in [4.78, 5) is 39.4. The molecule has 35 heavy (non-hydrogen) atoms. The highest BCUT2D eigenvalue weighted by Gasteiger charge is 2.80. The maximum absolute atomic E-state index is 13.9. The van der Waals surface area contributed by atoms with E-state index in [1.165, 1.54) is 18.2 Å². The van der Waals surface area contributed by atoms with E-state index >= 15 is 0 Å². The zero-order valence-corrected chi connectivity index (χ0v) is 21.3. The lowest BCUT2D eigenvalue weighted by molar-refractivity contribution is -0.170. The quantitative estimate of drug-likeness (QED) is 0.316. The predicted octanol–water partition coefficient (Wildman–Crippen LogP) is 3.04. The molecule has 2 heterocycles. The molecule has 1 spiro atoms. The minimum absolute atomic E-state index is 0.0752. The highest BCUT2D eigenvalue weighted by Crippen LogP contribution is 2.65. The van der Waals surface area contributed by atoms with E-state index in [0.29, 0.717) is 6.42 Å². The van der Waals surface area contributed by atoms with E-state index in [9.17, 15) is 22.8 Å². The van der Waals surface area contributed by atoms with Crippen LogP contribution >= 0.6 is 0 Å². The highest BCUT2D eigenvalue weighted by molar-refractivity contribution is 7.92. The Morgan fingerprint density at radius 2 is 1.86 bits per heavy atom. The van der Waals surface area contributed by atoms with E-state index in [2.05, 4.69) is 6.58 Å². The summed E-state index contributed by atoms with van der Waals surface area (Å²) in [6.45, 7) is 10.4. The van der Waals surface area contributed by atoms with Crippen molar-refractivity contribution in [2.75, 3.05) is 6.61 Å². The molecule has 9 heteroatoms. The van der Waals surface area contributed by atoms with Crippen molar-refractivity contribution in [1.82, 2.24) is 0 Å². The van der Waals surface area contributed by atoms with Gasteiger partial charge in [0.2, 0.25) is 0 Å². The number of rotatable bonds is 7. The van der Waals surface area contributed by atoms with E-state index in [4.69, 9.17) is 14.2 Å². The Kier molecular flexibility index (Phi) is 6.25. The van der Waals surface area contributed by atoms with Gasteiger partial charge >= 0.3 is 11.9 Å². The van der Waals surface area contributed by atoms with E-state index in [-0.39, 0.29) is 24.3 Å². The lowest BCUT2D eigenvalue weighted by atomic mass is 9.72. The summed E-state index contributed by atoms with van der Waals surface area (Å²) in [5.41, 5.74) is -3.46. The largest absolute Gasteiger partial charge is 0.461 e. The first-order valence-electron chi connectivity index (χ1n) is 11.9. The van der Waals surface area contributed by atoms with Gasteiger partial charge in [-0.15, -0.1) is 0 Å². The molecule has 0 aromatic heterocycles. The van der Waals surface area contributed by atoms with Crippen molar-refractivity contribution in [1.29, 1.82) is 0 Å². The number of sulfone groups is 1. The molecule has 0 radical (unpaired) electrons. The van der Waals surface area contributed by atoms with Crippen LogP contribution in [0.25, 0.3) is 0 Å². The SMILES string of the molecule is C=CCOC(=O)C1C[C@]23O[C@](CC)(C[C@H]2OC(=O)C(C)(C)C)[C@H](S(=O)(=O)c2ccccc2)[C@H]3C1=O. The van der Waals surface area contributed by atoms with E-state index < -0.39 is 67.4 Å². The van der Waals surface area contributed by atoms with E-state index in [1.807, 2.05) is 0 Å². The zero-order valence-electron chi connectivity index (χ0n) is 20.5. The molecule has 1 saturated carbocycles. The predicted molar refractivity (Wildman–Crippen MR) is 126 cm³/mol. The Labute approximate surface area is 205 Å². The topological polar surface area (TPSA) is 113 Å². The second kappa shape index (κ2) is 8.55. The number of carbonyl (C=O) groups excluding carboxylic acids is 3. The average molecular weight is 505 g/mol. The number of hydrogen-bond donors (Lipinski definition) is 0. The van der Waals surface area contributed by atoms with Crippen LogP contribution in [0.2, 0.25) is 0 Å². The van der Waals surface area contributed by atoms with Crippen molar-refractivity contribution in [3.05, 3.63) is 43.0 Å². The van der Waals surface area contributed by atoms with Crippen LogP contribution in [0, 0.1) is 17.3 Å². The summed E-state index contributed by atoms with van der Waals surface area (Å²) >= 11 is 0. The smallest absolute Gasteiger partial charge is 0.316 e. The van der Waals surface area contributed by atoms with Gasteiger partial charge in [-0.1, -0.05) is 37.8 Å². The summed E-state index contributed by atoms with van der Waals surface area (Å²) in [5, 5.41) is -1.21. The number of Topliss-reactive ketones (excluding diaryl/α,β-unsaturated/α-hetero) is 1. The molecule has 1 unspecified atom stereocenters. The van der Waals surface area contributed by atoms with Gasteiger partial charge < -0.3 is 14.2 Å². The van der Waals surface area contributed by atoms with Gasteiger partial charge in [0.05, 0.1) is 21.8 Å². The lowest BCUT2D eigenvalue weighted by Gasteiger charge is -2.39. The molecule has 2 saturated heterocycles. The fourth-order valence-electron chi connectivity index (χ4n) is 5.82. The Balaban J connectivity index is 1.82. The number of fused-ring (bicyclic) bond motifs is 1. The van der Waals surface area contributed by atoms with Gasteiger partial charge in [-0.2, -0.15) is 0 Å². The minimum Gasteiger partial charge on any atom is -0.461 e. The molecule has 1 aromatic carbocycles. The standard InChI is InChI=1S/C26H32O8S/c1-6-13-32-22(28)17-14-26-18(33-23(29)24(3,4)5)15-25(7-2,34-26)21(19(26)20(17)27)35(30,31)16-11-9-8-10-12-16/h6,8-12,17-19,21H,1,7,13-15H2,2-5H3/t17?,18-,19-,21-,25-,26+/m1/s1. The van der Waals surface area contributed by atoms with Crippen LogP contribution in [-0.4, -0.2) is 55.3 Å². The van der Waals surface area contributed by atoms with Crippen LogP contribution in [0.4, 0.5) is 0 Å². The summed E-state index contributed by atoms with van der Waals surface area (Å²) < 4.78 is 45.4. The number of carbonyl (C=O) groups is 3. The molecule has 0 amide bonds. The van der Waals surface area contributed by atoms with Gasteiger partial charge in [0.1, 0.15) is 29.5 Å². The highest BCUT2D eigenvalue weighted by atomic mass is 32.2. The fourth-order valence-corrected chi connectivity index (χ4v) is 8.25. The molecular formula is C26H32O8S. The third-order valence-electron chi connectivity index (χ3n) is 7.48. The van der Waals surface area contributed by atoms with Crippen LogP contribution in [0.1, 0.15) is 47.0 Å². The zero-order chi connectivity index (χ0) is 25.8. The first-order valence-corrected chi connectivity index (χ1v) is 13.4. The van der Waals surface area contributed by atoms with E-state index in [0.717, 1.165) is 0 Å². The van der Waals surface area contributed by atoms with Gasteiger partial charge in [0.15, 0.2) is 15.6 Å². The Bertz CT molecular complexity index is 1150. The van der Waals surface area contributed by atoms with Crippen LogP contribution in [0.15, 0.2) is 47.9 Å². The maximum atomic E-state index is 13.9. The van der Waals surface area contributed by atoms with Gasteiger partial charge in [0.25, 0.3) is 0 Å². The van der Waals surface area contributed by atoms with Crippen molar-refractivity contribution in [2.24, 2.45) is 17.3 Å². The molecule has 4 rings (SSSR count). The molecule has 2 aliphatic heterocycles. The number of benzene rings is 1. The number of esters is 2. The van der Waals surface area contributed by atoms with Crippen molar-refractivity contribution in [3.8, 4) is 0 Å². The van der Waals surface area contributed by atoms with Gasteiger partial charge in [-0.3, -0.25) is 14.4 Å². The number of hydrogen-bond acceptors (Lipinski definition) is 8. The second-order valence-corrected chi connectivity index (χ2v) is 12.7. The first kappa shape index (κ1) is 25.6. The summed E-state index contributed by atoms with van der Waals surface area (Å²) in [6, 6.07) is 7.93. The van der Waals surface area contributed by atoms with Crippen LogP contribution in [0.3, 0.4) is 0 Å². The summed E-state index contributed by atoms with van der Waals surface area (Å²) in [6.07, 6.45) is 0.853. The molecule has 1 aromatic rings. The average Bonchev–Trinajstić information content (AvgIpc) is 3.39. The third kappa shape index (κ3) is 3.83. The van der Waals surface area contributed by atoms with Crippen LogP contribution in [-0.2, 0) is 38.4 Å². The number of ether oxygens (including phenoxy) is 3. The molecule has 2 bridgehead atoms. The Morgan fingerprint density at radius 1 is 1.20 bits per heavy atom. The molecule has 190 valence electrons. The van der Waals surface area contributed by atoms with Crippen molar-refractivity contribution >= 4 is 27.6 Å². The summed E-state index contributed by atoms with van der Waals surface area (Å²) in [5.74, 6) is -4.16. The summed E-state index contributed by atoms with van der Waals surface area (Å²) in [7, 11) is -4.03. The molecular weight excluding hydrogens is 472 g/mol. The molecule has 8 nitrogen and oxygen atoms in total. The van der Waals surface area contributed by atoms with Crippen molar-refractivity contribution in [2.45, 2.75) is 74.4 Å². The fraction of sp³-hybridized carbons (Fsp3) is 0.577. The molecule has 0 N–H and O–H groups in total. The lowest BCUT2D eigenvalue weighted by Crippen LogP contribution is -2.56. The Hall–Kier alpha value is -2.52. The van der Waals surface area contributed by atoms with Crippen LogP contribution in [0.5, 0.6) is 0 Å². The van der Waals surface area contributed by atoms with Gasteiger partial charge in [0, 0.05) is 12.8 Å². The Morgan fingerprint density at radius 3 is 2.43 bits per heavy atom. The molecule has 3 fully saturated rings. The normalized spacial score (nSPS) is 33.9. The third-order valence-corrected chi connectivity index (χ3v) is 9.78.